The Bertz CT molecular complexity index is 584. The molecule has 0 unspecified atom stereocenters. The maximum Gasteiger partial charge on any atom is 0.245 e. The number of thiocarbonyl (C=S) groups is 1. The lowest BCUT2D eigenvalue weighted by Crippen LogP contribution is -2.13. The number of halogens is 1. The van der Waals surface area contributed by atoms with Crippen molar-refractivity contribution in [3.63, 3.8) is 0 Å². The molecule has 5 nitrogen and oxygen atoms in total. The van der Waals surface area contributed by atoms with Gasteiger partial charge in [0, 0.05) is 15.7 Å². The van der Waals surface area contributed by atoms with Crippen LogP contribution in [0.4, 0.5) is 5.69 Å². The van der Waals surface area contributed by atoms with Gasteiger partial charge in [0.1, 0.15) is 4.99 Å². The molecule has 0 saturated heterocycles. The molecule has 94 valence electrons. The highest BCUT2D eigenvalue weighted by Gasteiger charge is 2.08. The van der Waals surface area contributed by atoms with Gasteiger partial charge in [-0.1, -0.05) is 33.3 Å². The Morgan fingerprint density at radius 2 is 2.33 bits per heavy atom. The van der Waals surface area contributed by atoms with Gasteiger partial charge in [-0.2, -0.15) is 4.98 Å². The first kappa shape index (κ1) is 13.0. The highest BCUT2D eigenvalue weighted by atomic mass is 79.9. The SMILES string of the molecule is Cc1noc(CNc2ccc(Br)cc2C(N)=S)n1. The summed E-state index contributed by atoms with van der Waals surface area (Å²) in [7, 11) is 0. The summed E-state index contributed by atoms with van der Waals surface area (Å²) in [6, 6.07) is 5.66. The number of rotatable bonds is 4. The van der Waals surface area contributed by atoms with Gasteiger partial charge in [0.2, 0.25) is 5.89 Å². The van der Waals surface area contributed by atoms with E-state index in [0.717, 1.165) is 15.7 Å². The van der Waals surface area contributed by atoms with Crippen LogP contribution < -0.4 is 11.1 Å². The Morgan fingerprint density at radius 1 is 1.56 bits per heavy atom. The number of anilines is 1. The summed E-state index contributed by atoms with van der Waals surface area (Å²) in [6.07, 6.45) is 0. The standard InChI is InChI=1S/C11H11BrN4OS/c1-6-15-10(17-16-6)5-14-9-3-2-7(12)4-8(9)11(13)18/h2-4,14H,5H2,1H3,(H2,13,18). The molecule has 7 heteroatoms. The lowest BCUT2D eigenvalue weighted by Gasteiger charge is -2.09. The normalized spacial score (nSPS) is 10.3. The predicted octanol–water partition coefficient (Wildman–Crippen LogP) is 2.39. The predicted molar refractivity (Wildman–Crippen MR) is 76.4 cm³/mol. The Kier molecular flexibility index (Phi) is 3.93. The topological polar surface area (TPSA) is 77.0 Å². The zero-order valence-electron chi connectivity index (χ0n) is 9.61. The molecule has 0 atom stereocenters. The Labute approximate surface area is 118 Å². The second-order valence-electron chi connectivity index (χ2n) is 3.64. The molecular formula is C11H11BrN4OS. The van der Waals surface area contributed by atoms with Gasteiger partial charge < -0.3 is 15.6 Å². The van der Waals surface area contributed by atoms with Crippen molar-refractivity contribution in [1.29, 1.82) is 0 Å². The van der Waals surface area contributed by atoms with E-state index in [0.29, 0.717) is 23.2 Å². The summed E-state index contributed by atoms with van der Waals surface area (Å²) >= 11 is 8.39. The van der Waals surface area contributed by atoms with E-state index in [-0.39, 0.29) is 0 Å². The van der Waals surface area contributed by atoms with E-state index in [1.54, 1.807) is 6.92 Å². The summed E-state index contributed by atoms with van der Waals surface area (Å²) in [6.45, 7) is 2.20. The van der Waals surface area contributed by atoms with E-state index in [4.69, 9.17) is 22.5 Å². The summed E-state index contributed by atoms with van der Waals surface area (Å²) < 4.78 is 5.93. The number of hydrogen-bond donors (Lipinski definition) is 2. The fourth-order valence-electron chi connectivity index (χ4n) is 1.46. The number of aromatic nitrogens is 2. The zero-order valence-corrected chi connectivity index (χ0v) is 12.0. The highest BCUT2D eigenvalue weighted by molar-refractivity contribution is 9.10. The lowest BCUT2D eigenvalue weighted by atomic mass is 10.2. The van der Waals surface area contributed by atoms with Gasteiger partial charge >= 0.3 is 0 Å². The fraction of sp³-hybridized carbons (Fsp3) is 0.182. The molecule has 1 aromatic heterocycles. The minimum atomic E-state index is 0.334. The van der Waals surface area contributed by atoms with E-state index >= 15 is 0 Å². The maximum atomic E-state index is 5.68. The lowest BCUT2D eigenvalue weighted by molar-refractivity contribution is 0.379. The number of nitrogens with one attached hydrogen (secondary N) is 1. The molecule has 0 fully saturated rings. The largest absolute Gasteiger partial charge is 0.389 e. The van der Waals surface area contributed by atoms with Crippen LogP contribution in [0.15, 0.2) is 27.2 Å². The van der Waals surface area contributed by atoms with Crippen molar-refractivity contribution in [2.45, 2.75) is 13.5 Å². The Morgan fingerprint density at radius 3 is 2.94 bits per heavy atom. The van der Waals surface area contributed by atoms with Crippen LogP contribution in [0.2, 0.25) is 0 Å². The number of hydrogen-bond acceptors (Lipinski definition) is 5. The van der Waals surface area contributed by atoms with Crippen molar-refractivity contribution in [2.24, 2.45) is 5.73 Å². The average Bonchev–Trinajstić information content (AvgIpc) is 2.73. The molecule has 0 bridgehead atoms. The highest BCUT2D eigenvalue weighted by Crippen LogP contribution is 2.21. The van der Waals surface area contributed by atoms with Gasteiger partial charge in [-0.3, -0.25) is 0 Å². The molecule has 18 heavy (non-hydrogen) atoms. The van der Waals surface area contributed by atoms with Crippen LogP contribution in [-0.2, 0) is 6.54 Å². The summed E-state index contributed by atoms with van der Waals surface area (Å²) in [5.41, 5.74) is 7.28. The van der Waals surface area contributed by atoms with E-state index in [1.165, 1.54) is 0 Å². The molecule has 2 aromatic rings. The van der Waals surface area contributed by atoms with Crippen molar-refractivity contribution < 1.29 is 4.52 Å². The van der Waals surface area contributed by atoms with Gasteiger partial charge in [0.15, 0.2) is 5.82 Å². The molecular weight excluding hydrogens is 316 g/mol. The first-order valence-electron chi connectivity index (χ1n) is 5.18. The van der Waals surface area contributed by atoms with Crippen LogP contribution in [0.1, 0.15) is 17.3 Å². The molecule has 1 aromatic carbocycles. The number of nitrogens with zero attached hydrogens (tertiary/aromatic N) is 2. The molecule has 0 spiro atoms. The van der Waals surface area contributed by atoms with Crippen LogP contribution in [0.5, 0.6) is 0 Å². The maximum absolute atomic E-state index is 5.68. The van der Waals surface area contributed by atoms with E-state index in [2.05, 4.69) is 31.4 Å². The number of benzene rings is 1. The van der Waals surface area contributed by atoms with Gasteiger partial charge in [0.05, 0.1) is 6.54 Å². The minimum absolute atomic E-state index is 0.334. The van der Waals surface area contributed by atoms with Crippen molar-refractivity contribution in [2.75, 3.05) is 5.32 Å². The van der Waals surface area contributed by atoms with Crippen molar-refractivity contribution in [3.8, 4) is 0 Å². The molecule has 0 amide bonds. The Hall–Kier alpha value is -1.47. The van der Waals surface area contributed by atoms with E-state index in [1.807, 2.05) is 18.2 Å². The van der Waals surface area contributed by atoms with Crippen molar-refractivity contribution in [3.05, 3.63) is 40.0 Å². The first-order chi connectivity index (χ1) is 8.56. The second kappa shape index (κ2) is 5.45. The molecule has 0 aliphatic heterocycles. The molecule has 0 radical (unpaired) electrons. The first-order valence-corrected chi connectivity index (χ1v) is 6.39. The monoisotopic (exact) mass is 326 g/mol. The molecule has 0 aliphatic rings. The zero-order chi connectivity index (χ0) is 13.1. The molecule has 3 N–H and O–H groups in total. The van der Waals surface area contributed by atoms with Crippen LogP contribution in [-0.4, -0.2) is 15.1 Å². The van der Waals surface area contributed by atoms with Crippen LogP contribution in [0.3, 0.4) is 0 Å². The summed E-state index contributed by atoms with van der Waals surface area (Å²) in [5.74, 6) is 1.13. The molecule has 2 rings (SSSR count). The molecule has 0 saturated carbocycles. The van der Waals surface area contributed by atoms with Crippen molar-refractivity contribution in [1.82, 2.24) is 10.1 Å². The van der Waals surface area contributed by atoms with E-state index in [9.17, 15) is 0 Å². The van der Waals surface area contributed by atoms with E-state index < -0.39 is 0 Å². The van der Waals surface area contributed by atoms with Crippen LogP contribution in [0, 0.1) is 6.92 Å². The van der Waals surface area contributed by atoms with Gasteiger partial charge in [-0.25, -0.2) is 0 Å². The second-order valence-corrected chi connectivity index (χ2v) is 5.00. The molecule has 0 aliphatic carbocycles. The number of nitrogens with two attached hydrogens (primary N) is 1. The summed E-state index contributed by atoms with van der Waals surface area (Å²) in [4.78, 5) is 4.44. The fourth-order valence-corrected chi connectivity index (χ4v) is 1.99. The van der Waals surface area contributed by atoms with Gasteiger partial charge in [-0.05, 0) is 25.1 Å². The third-order valence-electron chi connectivity index (χ3n) is 2.25. The number of aryl methyl sites for hydroxylation is 1. The third-order valence-corrected chi connectivity index (χ3v) is 2.96. The average molecular weight is 327 g/mol. The smallest absolute Gasteiger partial charge is 0.245 e. The Balaban J connectivity index is 2.16. The van der Waals surface area contributed by atoms with Crippen LogP contribution in [0.25, 0.3) is 0 Å². The van der Waals surface area contributed by atoms with Gasteiger partial charge in [0.25, 0.3) is 0 Å². The van der Waals surface area contributed by atoms with Crippen molar-refractivity contribution >= 4 is 38.8 Å². The van der Waals surface area contributed by atoms with Gasteiger partial charge in [-0.15, -0.1) is 0 Å². The quantitative estimate of drug-likeness (QED) is 0.840. The minimum Gasteiger partial charge on any atom is -0.389 e. The molecule has 1 heterocycles. The van der Waals surface area contributed by atoms with Crippen LogP contribution >= 0.6 is 28.1 Å². The summed E-state index contributed by atoms with van der Waals surface area (Å²) in [5, 5.41) is 6.88. The third kappa shape index (κ3) is 3.05.